The molecular weight excluding hydrogens is 847 g/mol. The van der Waals surface area contributed by atoms with Gasteiger partial charge < -0.3 is 9.32 Å². The molecule has 0 spiro atoms. The molecule has 0 fully saturated rings. The fraction of sp³-hybridized carbons (Fsp3) is 0. The van der Waals surface area contributed by atoms with Gasteiger partial charge in [0.2, 0.25) is 0 Å². The van der Waals surface area contributed by atoms with Crippen molar-refractivity contribution in [1.82, 2.24) is 0 Å². The van der Waals surface area contributed by atoms with E-state index in [1.165, 1.54) is 43.8 Å². The summed E-state index contributed by atoms with van der Waals surface area (Å²) in [5.74, 6) is 0. The summed E-state index contributed by atoms with van der Waals surface area (Å²) >= 11 is 0. The quantitative estimate of drug-likeness (QED) is 0.134. The Balaban J connectivity index is 0.995. The average molecular weight is 892 g/mol. The molecule has 0 saturated heterocycles. The van der Waals surface area contributed by atoms with Crippen molar-refractivity contribution in [2.24, 2.45) is 0 Å². The van der Waals surface area contributed by atoms with Gasteiger partial charge in [-0.15, -0.1) is 0 Å². The summed E-state index contributed by atoms with van der Waals surface area (Å²) in [7, 11) is 0. The van der Waals surface area contributed by atoms with Gasteiger partial charge in [-0.05, 0) is 120 Å². The molecule has 13 aromatic rings. The SMILES string of the molecule is c1ccc(-c2cccc(-c3ccccc3)c2N(c2ccc(-c3ccc4c(c3)c(-c3ccccc3)c(-c3ccccc3)c3ccccc34)cc2)c2ccc(-c3cccc4oc5ccccc5c34)cc2)cc1. The van der Waals surface area contributed by atoms with Crippen LogP contribution in [0.5, 0.6) is 0 Å². The first-order valence-corrected chi connectivity index (χ1v) is 24.0. The smallest absolute Gasteiger partial charge is 0.136 e. The molecule has 0 N–H and O–H groups in total. The second-order valence-electron chi connectivity index (χ2n) is 17.9. The topological polar surface area (TPSA) is 16.4 Å². The van der Waals surface area contributed by atoms with E-state index in [2.05, 4.69) is 266 Å². The van der Waals surface area contributed by atoms with Crippen LogP contribution in [-0.2, 0) is 0 Å². The van der Waals surface area contributed by atoms with Crippen LogP contribution in [0.4, 0.5) is 17.1 Å². The third kappa shape index (κ3) is 7.13. The Kier molecular flexibility index (Phi) is 10.2. The number of hydrogen-bond donors (Lipinski definition) is 0. The molecule has 1 heterocycles. The molecule has 0 saturated carbocycles. The standard InChI is InChI=1S/C68H45NO/c1-5-19-47(20-6-1)56-31-17-32-57(48-21-7-2-8-22-48)68(56)69(54-42-37-49(38-43-54)55-30-18-34-64-67(55)61-29-15-16-33-63(61)70-64)53-40-35-46(36-41-53)52-39-44-59-58-27-13-14-28-60(58)65(50-23-9-3-10-24-50)66(62(59)45-52)51-25-11-4-12-26-51/h1-45H. The predicted molar refractivity (Wildman–Crippen MR) is 296 cm³/mol. The summed E-state index contributed by atoms with van der Waals surface area (Å²) in [5.41, 5.74) is 19.1. The molecule has 2 heteroatoms. The number of anilines is 3. The Morgan fingerprint density at radius 1 is 0.243 bits per heavy atom. The molecule has 0 aliphatic rings. The van der Waals surface area contributed by atoms with Crippen molar-refractivity contribution in [2.45, 2.75) is 0 Å². The average Bonchev–Trinajstić information content (AvgIpc) is 3.83. The first kappa shape index (κ1) is 41.0. The van der Waals surface area contributed by atoms with Crippen molar-refractivity contribution in [3.05, 3.63) is 273 Å². The van der Waals surface area contributed by atoms with Gasteiger partial charge in [0, 0.05) is 33.3 Å². The van der Waals surface area contributed by atoms with E-state index in [0.29, 0.717) is 0 Å². The van der Waals surface area contributed by atoms with Crippen molar-refractivity contribution in [1.29, 1.82) is 0 Å². The van der Waals surface area contributed by atoms with Crippen molar-refractivity contribution >= 4 is 60.5 Å². The van der Waals surface area contributed by atoms with Crippen LogP contribution in [0.25, 0.3) is 110 Å². The number of furan rings is 1. The summed E-state index contributed by atoms with van der Waals surface area (Å²) in [6.07, 6.45) is 0. The minimum Gasteiger partial charge on any atom is -0.456 e. The van der Waals surface area contributed by atoms with Crippen molar-refractivity contribution < 1.29 is 4.42 Å². The maximum Gasteiger partial charge on any atom is 0.136 e. The molecule has 0 atom stereocenters. The fourth-order valence-electron chi connectivity index (χ4n) is 10.7. The van der Waals surface area contributed by atoms with Crippen LogP contribution in [0.2, 0.25) is 0 Å². The van der Waals surface area contributed by atoms with E-state index in [0.717, 1.165) is 83.5 Å². The highest BCUT2D eigenvalue weighted by Gasteiger charge is 2.23. The second kappa shape index (κ2) is 17.4. The van der Waals surface area contributed by atoms with Gasteiger partial charge >= 0.3 is 0 Å². The normalized spacial score (nSPS) is 11.4. The minimum absolute atomic E-state index is 0.890. The Bertz CT molecular complexity index is 3950. The van der Waals surface area contributed by atoms with Crippen molar-refractivity contribution in [3.8, 4) is 66.8 Å². The van der Waals surface area contributed by atoms with Gasteiger partial charge in [0.1, 0.15) is 11.2 Å². The summed E-state index contributed by atoms with van der Waals surface area (Å²) in [6, 6.07) is 98.7. The molecular formula is C68H45NO. The molecule has 0 aliphatic heterocycles. The van der Waals surface area contributed by atoms with Gasteiger partial charge in [-0.1, -0.05) is 231 Å². The highest BCUT2D eigenvalue weighted by atomic mass is 16.3. The zero-order chi connectivity index (χ0) is 46.4. The second-order valence-corrected chi connectivity index (χ2v) is 17.9. The molecule has 1 aromatic heterocycles. The van der Waals surface area contributed by atoms with Crippen LogP contribution >= 0.6 is 0 Å². The third-order valence-corrected chi connectivity index (χ3v) is 13.9. The summed E-state index contributed by atoms with van der Waals surface area (Å²) in [4.78, 5) is 2.44. The minimum atomic E-state index is 0.890. The van der Waals surface area contributed by atoms with Gasteiger partial charge in [0.15, 0.2) is 0 Å². The number of para-hydroxylation sites is 2. The molecule has 0 amide bonds. The van der Waals surface area contributed by atoms with Crippen LogP contribution in [-0.4, -0.2) is 0 Å². The van der Waals surface area contributed by atoms with Crippen LogP contribution in [0.1, 0.15) is 0 Å². The summed E-state index contributed by atoms with van der Waals surface area (Å²) in [5, 5.41) is 7.23. The highest BCUT2D eigenvalue weighted by Crippen LogP contribution is 2.49. The molecule has 2 nitrogen and oxygen atoms in total. The molecule has 0 aliphatic carbocycles. The van der Waals surface area contributed by atoms with Crippen LogP contribution in [0.3, 0.4) is 0 Å². The van der Waals surface area contributed by atoms with E-state index in [1.807, 2.05) is 12.1 Å². The zero-order valence-electron chi connectivity index (χ0n) is 38.3. The first-order chi connectivity index (χ1) is 34.7. The van der Waals surface area contributed by atoms with Gasteiger partial charge in [0.05, 0.1) is 5.69 Å². The summed E-state index contributed by atoms with van der Waals surface area (Å²) < 4.78 is 6.32. The van der Waals surface area contributed by atoms with Gasteiger partial charge in [0.25, 0.3) is 0 Å². The lowest BCUT2D eigenvalue weighted by Crippen LogP contribution is -2.12. The molecule has 0 unspecified atom stereocenters. The van der Waals surface area contributed by atoms with E-state index < -0.39 is 0 Å². The highest BCUT2D eigenvalue weighted by molar-refractivity contribution is 6.22. The Morgan fingerprint density at radius 3 is 1.26 bits per heavy atom. The van der Waals surface area contributed by atoms with Crippen LogP contribution < -0.4 is 4.90 Å². The molecule has 70 heavy (non-hydrogen) atoms. The molecule has 0 bridgehead atoms. The van der Waals surface area contributed by atoms with E-state index in [-0.39, 0.29) is 0 Å². The zero-order valence-corrected chi connectivity index (χ0v) is 38.3. The Labute approximate surface area is 407 Å². The maximum absolute atomic E-state index is 6.32. The first-order valence-electron chi connectivity index (χ1n) is 24.0. The number of fused-ring (bicyclic) bond motifs is 6. The monoisotopic (exact) mass is 891 g/mol. The van der Waals surface area contributed by atoms with Gasteiger partial charge in [-0.2, -0.15) is 0 Å². The summed E-state index contributed by atoms with van der Waals surface area (Å²) in [6.45, 7) is 0. The largest absolute Gasteiger partial charge is 0.456 e. The third-order valence-electron chi connectivity index (χ3n) is 13.9. The predicted octanol–water partition coefficient (Wildman–Crippen LogP) is 19.4. The van der Waals surface area contributed by atoms with E-state index in [9.17, 15) is 0 Å². The van der Waals surface area contributed by atoms with Gasteiger partial charge in [-0.3, -0.25) is 0 Å². The van der Waals surface area contributed by atoms with E-state index in [4.69, 9.17) is 4.42 Å². The molecule has 328 valence electrons. The fourth-order valence-corrected chi connectivity index (χ4v) is 10.7. The van der Waals surface area contributed by atoms with Crippen molar-refractivity contribution in [3.63, 3.8) is 0 Å². The number of benzene rings is 12. The van der Waals surface area contributed by atoms with Crippen LogP contribution in [0, 0.1) is 0 Å². The lowest BCUT2D eigenvalue weighted by atomic mass is 9.84. The van der Waals surface area contributed by atoms with E-state index in [1.54, 1.807) is 0 Å². The molecule has 0 radical (unpaired) electrons. The Hall–Kier alpha value is -9.24. The maximum atomic E-state index is 6.32. The number of rotatable bonds is 9. The van der Waals surface area contributed by atoms with Crippen LogP contribution in [0.15, 0.2) is 277 Å². The van der Waals surface area contributed by atoms with E-state index >= 15 is 0 Å². The van der Waals surface area contributed by atoms with Gasteiger partial charge in [-0.25, -0.2) is 0 Å². The number of nitrogens with zero attached hydrogens (tertiary/aromatic N) is 1. The molecule has 12 aromatic carbocycles. The van der Waals surface area contributed by atoms with Crippen molar-refractivity contribution in [2.75, 3.05) is 4.90 Å². The number of hydrogen-bond acceptors (Lipinski definition) is 2. The lowest BCUT2D eigenvalue weighted by molar-refractivity contribution is 0.669. The lowest BCUT2D eigenvalue weighted by Gasteiger charge is -2.30. The Morgan fingerprint density at radius 2 is 0.657 bits per heavy atom. The molecule has 13 rings (SSSR count).